The number of carbonyl (C=O) groups excluding carboxylic acids is 1. The van der Waals surface area contributed by atoms with Gasteiger partial charge in [-0.3, -0.25) is 4.79 Å². The Bertz CT molecular complexity index is 675. The van der Waals surface area contributed by atoms with Gasteiger partial charge in [-0.1, -0.05) is 31.0 Å². The van der Waals surface area contributed by atoms with E-state index < -0.39 is 0 Å². The first-order valence-corrected chi connectivity index (χ1v) is 9.62. The van der Waals surface area contributed by atoms with Crippen LogP contribution in [0.1, 0.15) is 40.9 Å². The average molecular weight is 346 g/mol. The maximum absolute atomic E-state index is 12.6. The minimum absolute atomic E-state index is 0.0249. The molecule has 24 heavy (non-hydrogen) atoms. The molecule has 0 aliphatic carbocycles. The van der Waals surface area contributed by atoms with Crippen molar-refractivity contribution in [2.24, 2.45) is 0 Å². The van der Waals surface area contributed by atoms with Gasteiger partial charge in [-0.2, -0.15) is 0 Å². The first kappa shape index (κ1) is 17.4. The fraction of sp³-hybridized carbons (Fsp3) is 0.526. The summed E-state index contributed by atoms with van der Waals surface area (Å²) < 4.78 is 6.22. The van der Waals surface area contributed by atoms with Crippen LogP contribution in [0, 0.1) is 0 Å². The molecule has 1 atom stereocenters. The summed E-state index contributed by atoms with van der Waals surface area (Å²) in [7, 11) is 1.65. The third-order valence-electron chi connectivity index (χ3n) is 4.61. The van der Waals surface area contributed by atoms with Crippen molar-refractivity contribution in [3.05, 3.63) is 34.7 Å². The molecular weight excluding hydrogens is 320 g/mol. The molecule has 1 aromatic heterocycles. The Morgan fingerprint density at radius 2 is 2.21 bits per heavy atom. The van der Waals surface area contributed by atoms with Crippen LogP contribution in [0.3, 0.4) is 0 Å². The molecule has 1 aliphatic heterocycles. The van der Waals surface area contributed by atoms with Gasteiger partial charge in [0, 0.05) is 24.4 Å². The van der Waals surface area contributed by atoms with E-state index in [0.29, 0.717) is 19.2 Å². The molecule has 0 spiro atoms. The lowest BCUT2D eigenvalue weighted by Crippen LogP contribution is -2.31. The molecule has 4 nitrogen and oxygen atoms in total. The number of methoxy groups -OCH3 is 1. The van der Waals surface area contributed by atoms with E-state index in [1.54, 1.807) is 18.4 Å². The van der Waals surface area contributed by atoms with Crippen LogP contribution in [0.15, 0.2) is 24.3 Å². The van der Waals surface area contributed by atoms with Gasteiger partial charge in [0.05, 0.1) is 11.5 Å². The number of hydrogen-bond donors (Lipinski definition) is 2. The molecule has 0 saturated carbocycles. The normalized spacial score (nSPS) is 18.5. The third kappa shape index (κ3) is 4.15. The molecule has 1 saturated heterocycles. The van der Waals surface area contributed by atoms with Crippen molar-refractivity contribution < 1.29 is 9.53 Å². The summed E-state index contributed by atoms with van der Waals surface area (Å²) in [5.41, 5.74) is 1.20. The highest BCUT2D eigenvalue weighted by Crippen LogP contribution is 2.33. The zero-order valence-corrected chi connectivity index (χ0v) is 15.1. The second-order valence-electron chi connectivity index (χ2n) is 6.36. The van der Waals surface area contributed by atoms with Crippen molar-refractivity contribution in [2.45, 2.75) is 38.1 Å². The summed E-state index contributed by atoms with van der Waals surface area (Å²) in [6, 6.07) is 8.82. The summed E-state index contributed by atoms with van der Waals surface area (Å²) in [4.78, 5) is 13.5. The second-order valence-corrected chi connectivity index (χ2v) is 7.41. The van der Waals surface area contributed by atoms with Crippen molar-refractivity contribution in [3.8, 4) is 0 Å². The number of carbonyl (C=O) groups is 1. The Labute approximate surface area is 147 Å². The Kier molecular flexibility index (Phi) is 6.24. The van der Waals surface area contributed by atoms with E-state index in [4.69, 9.17) is 4.74 Å². The topological polar surface area (TPSA) is 50.4 Å². The fourth-order valence-electron chi connectivity index (χ4n) is 3.35. The zero-order chi connectivity index (χ0) is 16.8. The third-order valence-corrected chi connectivity index (χ3v) is 5.82. The zero-order valence-electron chi connectivity index (χ0n) is 14.3. The minimum Gasteiger partial charge on any atom is -0.383 e. The molecule has 2 N–H and O–H groups in total. The minimum atomic E-state index is 0.0249. The van der Waals surface area contributed by atoms with Gasteiger partial charge in [0.2, 0.25) is 0 Å². The molecular formula is C19H26N2O2S. The molecule has 3 rings (SSSR count). The van der Waals surface area contributed by atoms with Gasteiger partial charge in [0.1, 0.15) is 0 Å². The van der Waals surface area contributed by atoms with Crippen LogP contribution in [0.4, 0.5) is 0 Å². The number of thiophene rings is 1. The summed E-state index contributed by atoms with van der Waals surface area (Å²) >= 11 is 1.60. The lowest BCUT2D eigenvalue weighted by atomic mass is 9.99. The van der Waals surface area contributed by atoms with Gasteiger partial charge < -0.3 is 15.4 Å². The van der Waals surface area contributed by atoms with Crippen molar-refractivity contribution in [1.29, 1.82) is 0 Å². The Hall–Kier alpha value is -1.43. The van der Waals surface area contributed by atoms with Crippen molar-refractivity contribution in [3.63, 3.8) is 0 Å². The van der Waals surface area contributed by atoms with Crippen LogP contribution >= 0.6 is 11.3 Å². The highest BCUT2D eigenvalue weighted by Gasteiger charge is 2.21. The maximum Gasteiger partial charge on any atom is 0.261 e. The van der Waals surface area contributed by atoms with Gasteiger partial charge in [-0.15, -0.1) is 11.3 Å². The van der Waals surface area contributed by atoms with E-state index in [-0.39, 0.29) is 5.91 Å². The van der Waals surface area contributed by atoms with Crippen LogP contribution in [0.5, 0.6) is 0 Å². The molecule has 1 aliphatic rings. The molecule has 1 aromatic carbocycles. The first-order chi connectivity index (χ1) is 11.8. The van der Waals surface area contributed by atoms with E-state index in [0.717, 1.165) is 17.8 Å². The van der Waals surface area contributed by atoms with E-state index in [1.807, 2.05) is 6.07 Å². The quantitative estimate of drug-likeness (QED) is 0.789. The van der Waals surface area contributed by atoms with E-state index in [2.05, 4.69) is 28.8 Å². The number of rotatable bonds is 6. The summed E-state index contributed by atoms with van der Waals surface area (Å²) in [5.74, 6) is 0.0249. The van der Waals surface area contributed by atoms with E-state index in [1.165, 1.54) is 41.3 Å². The fourth-order valence-corrected chi connectivity index (χ4v) is 4.50. The standard InChI is InChI=1S/C19H26N2O2S/c1-23-12-11-21-19(22)18-16(13-14-7-3-2-6-10-20-14)15-8-4-5-9-17(15)24-18/h4-5,8-9,14,20H,2-3,6-7,10-13H2,1H3,(H,21,22)/t14-/m0/s1. The first-order valence-electron chi connectivity index (χ1n) is 8.80. The van der Waals surface area contributed by atoms with Crippen molar-refractivity contribution in [2.75, 3.05) is 26.8 Å². The summed E-state index contributed by atoms with van der Waals surface area (Å²) in [6.45, 7) is 2.17. The Morgan fingerprint density at radius 1 is 1.33 bits per heavy atom. The molecule has 5 heteroatoms. The van der Waals surface area contributed by atoms with Crippen molar-refractivity contribution >= 4 is 27.3 Å². The molecule has 1 fully saturated rings. The highest BCUT2D eigenvalue weighted by atomic mass is 32.1. The van der Waals surface area contributed by atoms with E-state index >= 15 is 0 Å². The van der Waals surface area contributed by atoms with E-state index in [9.17, 15) is 4.79 Å². The number of ether oxygens (including phenoxy) is 1. The van der Waals surface area contributed by atoms with Crippen LogP contribution in [0.2, 0.25) is 0 Å². The SMILES string of the molecule is COCCNC(=O)c1sc2ccccc2c1C[C@@H]1CCCCCN1. The van der Waals surface area contributed by atoms with Crippen LogP contribution in [0.25, 0.3) is 10.1 Å². The number of hydrogen-bond acceptors (Lipinski definition) is 4. The predicted molar refractivity (Wildman–Crippen MR) is 100.0 cm³/mol. The van der Waals surface area contributed by atoms with Crippen LogP contribution < -0.4 is 10.6 Å². The molecule has 1 amide bonds. The molecule has 0 radical (unpaired) electrons. The lowest BCUT2D eigenvalue weighted by molar-refractivity contribution is 0.0940. The maximum atomic E-state index is 12.6. The average Bonchev–Trinajstić information content (AvgIpc) is 2.77. The predicted octanol–water partition coefficient (Wildman–Crippen LogP) is 3.35. The lowest BCUT2D eigenvalue weighted by Gasteiger charge is -2.16. The molecule has 0 unspecified atom stereocenters. The Balaban J connectivity index is 1.85. The Morgan fingerprint density at radius 3 is 3.08 bits per heavy atom. The number of amides is 1. The van der Waals surface area contributed by atoms with Gasteiger partial charge in [0.25, 0.3) is 5.91 Å². The molecule has 2 aromatic rings. The molecule has 2 heterocycles. The highest BCUT2D eigenvalue weighted by molar-refractivity contribution is 7.21. The van der Waals surface area contributed by atoms with Gasteiger partial charge in [0.15, 0.2) is 0 Å². The summed E-state index contributed by atoms with van der Waals surface area (Å²) in [5, 5.41) is 7.86. The number of nitrogens with one attached hydrogen (secondary N) is 2. The van der Waals surface area contributed by atoms with Gasteiger partial charge in [-0.25, -0.2) is 0 Å². The number of fused-ring (bicyclic) bond motifs is 1. The molecule has 130 valence electrons. The monoisotopic (exact) mass is 346 g/mol. The second kappa shape index (κ2) is 8.60. The molecule has 0 bridgehead atoms. The van der Waals surface area contributed by atoms with Crippen LogP contribution in [-0.2, 0) is 11.2 Å². The van der Waals surface area contributed by atoms with Crippen LogP contribution in [-0.4, -0.2) is 38.8 Å². The van der Waals surface area contributed by atoms with Gasteiger partial charge >= 0.3 is 0 Å². The smallest absolute Gasteiger partial charge is 0.261 e. The van der Waals surface area contributed by atoms with Crippen molar-refractivity contribution in [1.82, 2.24) is 10.6 Å². The van der Waals surface area contributed by atoms with Gasteiger partial charge in [-0.05, 0) is 42.8 Å². The largest absolute Gasteiger partial charge is 0.383 e. The summed E-state index contributed by atoms with van der Waals surface area (Å²) in [6.07, 6.45) is 5.95. The number of benzene rings is 1.